The van der Waals surface area contributed by atoms with Crippen LogP contribution in [0, 0.1) is 5.92 Å². The van der Waals surface area contributed by atoms with E-state index in [0.29, 0.717) is 6.04 Å². The normalized spacial score (nSPS) is 20.6. The summed E-state index contributed by atoms with van der Waals surface area (Å²) in [6, 6.07) is 4.41. The third-order valence-electron chi connectivity index (χ3n) is 3.57. The smallest absolute Gasteiger partial charge is 0.0931 e. The van der Waals surface area contributed by atoms with E-state index >= 15 is 0 Å². The molecule has 1 unspecified atom stereocenters. The summed E-state index contributed by atoms with van der Waals surface area (Å²) in [5, 5.41) is 0. The minimum absolute atomic E-state index is 0.327. The highest BCUT2D eigenvalue weighted by atomic mass is 35.5. The third-order valence-corrected chi connectivity index (χ3v) is 4.82. The molecule has 0 aliphatic heterocycles. The summed E-state index contributed by atoms with van der Waals surface area (Å²) in [4.78, 5) is 1.33. The number of thiophene rings is 1. The van der Waals surface area contributed by atoms with Gasteiger partial charge in [-0.3, -0.25) is 0 Å². The van der Waals surface area contributed by atoms with Crippen LogP contribution in [0.15, 0.2) is 12.1 Å². The van der Waals surface area contributed by atoms with Gasteiger partial charge in [-0.1, -0.05) is 37.3 Å². The molecule has 1 aliphatic rings. The summed E-state index contributed by atoms with van der Waals surface area (Å²) in [5.74, 6) is 0.725. The van der Waals surface area contributed by atoms with Gasteiger partial charge in [0.25, 0.3) is 0 Å². The first-order chi connectivity index (χ1) is 7.75. The Morgan fingerprint density at radius 2 is 1.94 bits per heavy atom. The Hall–Kier alpha value is -0.0500. The number of rotatable bonds is 3. The summed E-state index contributed by atoms with van der Waals surface area (Å²) in [6.45, 7) is 0. The van der Waals surface area contributed by atoms with Gasteiger partial charge in [-0.25, -0.2) is 0 Å². The van der Waals surface area contributed by atoms with Crippen LogP contribution >= 0.6 is 22.9 Å². The van der Waals surface area contributed by atoms with E-state index < -0.39 is 0 Å². The van der Waals surface area contributed by atoms with Gasteiger partial charge in [-0.05, 0) is 37.3 Å². The van der Waals surface area contributed by atoms with Gasteiger partial charge in [0, 0.05) is 10.9 Å². The zero-order chi connectivity index (χ0) is 11.4. The molecular weight excluding hydrogens is 238 g/mol. The lowest BCUT2D eigenvalue weighted by Crippen LogP contribution is -2.31. The fourth-order valence-electron chi connectivity index (χ4n) is 2.60. The van der Waals surface area contributed by atoms with E-state index in [1.807, 2.05) is 6.07 Å². The summed E-state index contributed by atoms with van der Waals surface area (Å²) >= 11 is 7.60. The highest BCUT2D eigenvalue weighted by Gasteiger charge is 2.20. The molecule has 0 saturated heterocycles. The first kappa shape index (κ1) is 12.4. The molecule has 0 amide bonds. The van der Waals surface area contributed by atoms with Gasteiger partial charge >= 0.3 is 0 Å². The Morgan fingerprint density at radius 3 is 2.50 bits per heavy atom. The molecule has 1 aliphatic carbocycles. The first-order valence-electron chi connectivity index (χ1n) is 6.25. The second kappa shape index (κ2) is 6.04. The van der Waals surface area contributed by atoms with Crippen molar-refractivity contribution in [2.45, 2.75) is 51.0 Å². The maximum Gasteiger partial charge on any atom is 0.0931 e. The second-order valence-electron chi connectivity index (χ2n) is 4.83. The summed E-state index contributed by atoms with van der Waals surface area (Å²) in [7, 11) is 0. The van der Waals surface area contributed by atoms with Gasteiger partial charge in [0.15, 0.2) is 0 Å². The van der Waals surface area contributed by atoms with Crippen LogP contribution in [0.5, 0.6) is 0 Å². The lowest BCUT2D eigenvalue weighted by atomic mass is 9.90. The molecule has 0 aromatic carbocycles. The van der Waals surface area contributed by atoms with Crippen molar-refractivity contribution in [3.63, 3.8) is 0 Å². The number of hydrogen-bond donors (Lipinski definition) is 1. The maximum atomic E-state index is 6.32. The van der Waals surface area contributed by atoms with E-state index in [0.717, 1.165) is 16.7 Å². The van der Waals surface area contributed by atoms with Crippen molar-refractivity contribution in [1.82, 2.24) is 0 Å². The Bertz CT molecular complexity index is 315. The van der Waals surface area contributed by atoms with Crippen LogP contribution in [-0.2, 0) is 6.42 Å². The highest BCUT2D eigenvalue weighted by molar-refractivity contribution is 7.16. The summed E-state index contributed by atoms with van der Waals surface area (Å²) in [6.07, 6.45) is 9.16. The van der Waals surface area contributed by atoms with Gasteiger partial charge in [0.2, 0.25) is 0 Å². The Kier molecular flexibility index (Phi) is 4.68. The van der Waals surface area contributed by atoms with E-state index in [-0.39, 0.29) is 0 Å². The molecule has 1 saturated carbocycles. The largest absolute Gasteiger partial charge is 0.327 e. The molecule has 0 bridgehead atoms. The molecule has 90 valence electrons. The summed E-state index contributed by atoms with van der Waals surface area (Å²) < 4.78 is 0.878. The number of nitrogens with two attached hydrogens (primary N) is 1. The third kappa shape index (κ3) is 3.47. The molecule has 1 nitrogen and oxygen atoms in total. The number of halogens is 1. The molecule has 16 heavy (non-hydrogen) atoms. The quantitative estimate of drug-likeness (QED) is 0.806. The molecule has 1 aromatic heterocycles. The van der Waals surface area contributed by atoms with Crippen molar-refractivity contribution in [3.05, 3.63) is 21.3 Å². The monoisotopic (exact) mass is 257 g/mol. The van der Waals surface area contributed by atoms with Crippen LogP contribution in [0.2, 0.25) is 4.34 Å². The van der Waals surface area contributed by atoms with Gasteiger partial charge in [-0.2, -0.15) is 0 Å². The van der Waals surface area contributed by atoms with Crippen LogP contribution in [0.25, 0.3) is 0 Å². The average molecular weight is 258 g/mol. The highest BCUT2D eigenvalue weighted by Crippen LogP contribution is 2.28. The lowest BCUT2D eigenvalue weighted by Gasteiger charge is -2.21. The molecule has 1 heterocycles. The Morgan fingerprint density at radius 1 is 1.25 bits per heavy atom. The Balaban J connectivity index is 1.88. The second-order valence-corrected chi connectivity index (χ2v) is 6.63. The average Bonchev–Trinajstić information content (AvgIpc) is 2.56. The van der Waals surface area contributed by atoms with Crippen molar-refractivity contribution in [3.8, 4) is 0 Å². The van der Waals surface area contributed by atoms with E-state index in [9.17, 15) is 0 Å². The van der Waals surface area contributed by atoms with Crippen LogP contribution in [0.1, 0.15) is 43.4 Å². The fraction of sp³-hybridized carbons (Fsp3) is 0.692. The van der Waals surface area contributed by atoms with Crippen molar-refractivity contribution < 1.29 is 0 Å². The van der Waals surface area contributed by atoms with Crippen LogP contribution in [-0.4, -0.2) is 6.04 Å². The molecule has 0 radical (unpaired) electrons. The van der Waals surface area contributed by atoms with Gasteiger partial charge in [0.05, 0.1) is 4.34 Å². The molecule has 0 spiro atoms. The maximum absolute atomic E-state index is 6.32. The predicted molar refractivity (Wildman–Crippen MR) is 72.2 cm³/mol. The van der Waals surface area contributed by atoms with Gasteiger partial charge < -0.3 is 5.73 Å². The van der Waals surface area contributed by atoms with Crippen LogP contribution < -0.4 is 5.73 Å². The van der Waals surface area contributed by atoms with Crippen molar-refractivity contribution in [2.24, 2.45) is 11.7 Å². The van der Waals surface area contributed by atoms with Crippen molar-refractivity contribution in [2.75, 3.05) is 0 Å². The minimum Gasteiger partial charge on any atom is -0.327 e. The first-order valence-corrected chi connectivity index (χ1v) is 7.45. The standard InChI is InChI=1S/C13H20ClNS/c14-13-8-7-11(16-13)9-12(15)10-5-3-1-2-4-6-10/h7-8,10,12H,1-6,9,15H2. The number of hydrogen-bond acceptors (Lipinski definition) is 2. The Labute approximate surface area is 107 Å². The molecule has 2 N–H and O–H groups in total. The predicted octanol–water partition coefficient (Wildman–Crippen LogP) is 4.24. The van der Waals surface area contributed by atoms with Crippen molar-refractivity contribution in [1.29, 1.82) is 0 Å². The van der Waals surface area contributed by atoms with Crippen molar-refractivity contribution >= 4 is 22.9 Å². The van der Waals surface area contributed by atoms with E-state index in [4.69, 9.17) is 17.3 Å². The minimum atomic E-state index is 0.327. The zero-order valence-corrected chi connectivity index (χ0v) is 11.2. The molecule has 3 heteroatoms. The van der Waals surface area contributed by atoms with Gasteiger partial charge in [0.1, 0.15) is 0 Å². The van der Waals surface area contributed by atoms with Crippen LogP contribution in [0.3, 0.4) is 0 Å². The molecule has 2 rings (SSSR count). The molecular formula is C13H20ClNS. The van der Waals surface area contributed by atoms with E-state index in [1.54, 1.807) is 11.3 Å². The van der Waals surface area contributed by atoms with Gasteiger partial charge in [-0.15, -0.1) is 11.3 Å². The summed E-state index contributed by atoms with van der Waals surface area (Å²) in [5.41, 5.74) is 6.32. The topological polar surface area (TPSA) is 26.0 Å². The molecule has 1 atom stereocenters. The lowest BCUT2D eigenvalue weighted by molar-refractivity contribution is 0.374. The molecule has 1 aromatic rings. The molecule has 1 fully saturated rings. The van der Waals surface area contributed by atoms with Crippen LogP contribution in [0.4, 0.5) is 0 Å². The fourth-order valence-corrected chi connectivity index (χ4v) is 3.76. The van der Waals surface area contributed by atoms with E-state index in [1.165, 1.54) is 43.4 Å². The SMILES string of the molecule is NC(Cc1ccc(Cl)s1)C1CCCCCC1. The zero-order valence-electron chi connectivity index (χ0n) is 9.62. The van der Waals surface area contributed by atoms with E-state index in [2.05, 4.69) is 6.07 Å².